The smallest absolute Gasteiger partial charge is 0.255 e. The van der Waals surface area contributed by atoms with Crippen molar-refractivity contribution in [3.8, 4) is 0 Å². The van der Waals surface area contributed by atoms with Gasteiger partial charge in [0.25, 0.3) is 5.91 Å². The number of aryl methyl sites for hydroxylation is 3. The third-order valence-corrected chi connectivity index (χ3v) is 3.58. The molecule has 4 heteroatoms. The highest BCUT2D eigenvalue weighted by molar-refractivity contribution is 6.30. The summed E-state index contributed by atoms with van der Waals surface area (Å²) in [4.78, 5) is 12.3. The molecule has 0 heterocycles. The molecule has 0 aliphatic rings. The van der Waals surface area contributed by atoms with Crippen LogP contribution in [0, 0.1) is 20.8 Å². The Morgan fingerprint density at radius 3 is 2.35 bits per heavy atom. The van der Waals surface area contributed by atoms with Crippen molar-refractivity contribution in [3.63, 3.8) is 0 Å². The van der Waals surface area contributed by atoms with Crippen molar-refractivity contribution in [2.75, 3.05) is 11.1 Å². The standard InChI is InChI=1S/C16H17ClN2O/c1-9-7-14(18)15(8-10(9)2)19-16(20)13-5-4-12(17)6-11(13)3/h4-8H,18H2,1-3H3,(H,19,20). The summed E-state index contributed by atoms with van der Waals surface area (Å²) in [6.07, 6.45) is 0. The number of anilines is 2. The maximum atomic E-state index is 12.3. The number of carbonyl (C=O) groups excluding carboxylic acids is 1. The Balaban J connectivity index is 2.30. The van der Waals surface area contributed by atoms with E-state index in [1.165, 1.54) is 0 Å². The van der Waals surface area contributed by atoms with Crippen LogP contribution < -0.4 is 11.1 Å². The van der Waals surface area contributed by atoms with Crippen LogP contribution in [0.15, 0.2) is 30.3 Å². The Labute approximate surface area is 123 Å². The lowest BCUT2D eigenvalue weighted by Crippen LogP contribution is -2.14. The lowest BCUT2D eigenvalue weighted by atomic mass is 10.1. The monoisotopic (exact) mass is 288 g/mol. The van der Waals surface area contributed by atoms with E-state index >= 15 is 0 Å². The van der Waals surface area contributed by atoms with Gasteiger partial charge in [-0.25, -0.2) is 0 Å². The molecule has 0 saturated heterocycles. The summed E-state index contributed by atoms with van der Waals surface area (Å²) in [5.41, 5.74) is 10.7. The van der Waals surface area contributed by atoms with Crippen molar-refractivity contribution in [1.82, 2.24) is 0 Å². The third-order valence-electron chi connectivity index (χ3n) is 3.35. The highest BCUT2D eigenvalue weighted by Gasteiger charge is 2.11. The van der Waals surface area contributed by atoms with Crippen molar-refractivity contribution < 1.29 is 4.79 Å². The molecule has 0 atom stereocenters. The van der Waals surface area contributed by atoms with Gasteiger partial charge in [0.1, 0.15) is 0 Å². The van der Waals surface area contributed by atoms with Crippen LogP contribution in [0.3, 0.4) is 0 Å². The molecular weight excluding hydrogens is 272 g/mol. The summed E-state index contributed by atoms with van der Waals surface area (Å²) in [6.45, 7) is 5.82. The van der Waals surface area contributed by atoms with Gasteiger partial charge in [-0.1, -0.05) is 11.6 Å². The zero-order valence-electron chi connectivity index (χ0n) is 11.8. The van der Waals surface area contributed by atoms with Crippen LogP contribution in [0.2, 0.25) is 5.02 Å². The van der Waals surface area contributed by atoms with Gasteiger partial charge in [-0.2, -0.15) is 0 Å². The average molecular weight is 289 g/mol. The number of nitrogens with two attached hydrogens (primary N) is 1. The first kappa shape index (κ1) is 14.4. The van der Waals surface area contributed by atoms with Crippen molar-refractivity contribution >= 4 is 28.9 Å². The molecule has 0 fully saturated rings. The molecule has 0 aromatic heterocycles. The van der Waals surface area contributed by atoms with Gasteiger partial charge in [-0.15, -0.1) is 0 Å². The van der Waals surface area contributed by atoms with Crippen molar-refractivity contribution in [3.05, 3.63) is 57.6 Å². The number of halogens is 1. The topological polar surface area (TPSA) is 55.1 Å². The number of amides is 1. The number of carbonyl (C=O) groups is 1. The fourth-order valence-electron chi connectivity index (χ4n) is 2.02. The molecule has 0 aliphatic carbocycles. The fraction of sp³-hybridized carbons (Fsp3) is 0.188. The number of nitrogens with one attached hydrogen (secondary N) is 1. The maximum absolute atomic E-state index is 12.3. The zero-order chi connectivity index (χ0) is 14.9. The van der Waals surface area contributed by atoms with Crippen molar-refractivity contribution in [2.45, 2.75) is 20.8 Å². The first-order chi connectivity index (χ1) is 9.38. The van der Waals surface area contributed by atoms with Crippen LogP contribution in [0.5, 0.6) is 0 Å². The SMILES string of the molecule is Cc1cc(N)c(NC(=O)c2ccc(Cl)cc2C)cc1C. The highest BCUT2D eigenvalue weighted by atomic mass is 35.5. The summed E-state index contributed by atoms with van der Waals surface area (Å²) < 4.78 is 0. The van der Waals surface area contributed by atoms with Crippen LogP contribution in [-0.4, -0.2) is 5.91 Å². The van der Waals surface area contributed by atoms with E-state index in [9.17, 15) is 4.79 Å². The van der Waals surface area contributed by atoms with E-state index in [1.54, 1.807) is 18.2 Å². The highest BCUT2D eigenvalue weighted by Crippen LogP contribution is 2.24. The normalized spacial score (nSPS) is 10.4. The first-order valence-electron chi connectivity index (χ1n) is 6.32. The van der Waals surface area contributed by atoms with E-state index in [-0.39, 0.29) is 5.91 Å². The van der Waals surface area contributed by atoms with Gasteiger partial charge in [-0.05, 0) is 67.8 Å². The molecule has 2 aromatic carbocycles. The zero-order valence-corrected chi connectivity index (χ0v) is 12.5. The number of nitrogen functional groups attached to an aromatic ring is 1. The Kier molecular flexibility index (Phi) is 4.00. The Hall–Kier alpha value is -2.00. The molecule has 3 N–H and O–H groups in total. The second-order valence-corrected chi connectivity index (χ2v) is 5.37. The Bertz CT molecular complexity index is 680. The maximum Gasteiger partial charge on any atom is 0.255 e. The van der Waals surface area contributed by atoms with E-state index in [0.29, 0.717) is 22.0 Å². The third kappa shape index (κ3) is 2.94. The predicted molar refractivity (Wildman–Crippen MR) is 84.5 cm³/mol. The number of benzene rings is 2. The van der Waals surface area contributed by atoms with Crippen LogP contribution in [0.1, 0.15) is 27.0 Å². The molecule has 0 spiro atoms. The molecule has 3 nitrogen and oxygen atoms in total. The molecule has 2 aromatic rings. The van der Waals surface area contributed by atoms with E-state index in [0.717, 1.165) is 16.7 Å². The summed E-state index contributed by atoms with van der Waals surface area (Å²) in [5.74, 6) is -0.186. The molecule has 20 heavy (non-hydrogen) atoms. The largest absolute Gasteiger partial charge is 0.397 e. The summed E-state index contributed by atoms with van der Waals surface area (Å²) in [7, 11) is 0. The lowest BCUT2D eigenvalue weighted by Gasteiger charge is -2.12. The average Bonchev–Trinajstić information content (AvgIpc) is 2.35. The molecule has 1 amide bonds. The second-order valence-electron chi connectivity index (χ2n) is 4.94. The second kappa shape index (κ2) is 5.55. The quantitative estimate of drug-likeness (QED) is 0.818. The van der Waals surface area contributed by atoms with E-state index in [4.69, 9.17) is 17.3 Å². The van der Waals surface area contributed by atoms with Crippen molar-refractivity contribution in [1.29, 1.82) is 0 Å². The molecule has 2 rings (SSSR count). The lowest BCUT2D eigenvalue weighted by molar-refractivity contribution is 0.102. The molecule has 104 valence electrons. The Morgan fingerprint density at radius 1 is 1.05 bits per heavy atom. The van der Waals surface area contributed by atoms with Crippen LogP contribution in [0.25, 0.3) is 0 Å². The van der Waals surface area contributed by atoms with Gasteiger partial charge in [0, 0.05) is 10.6 Å². The predicted octanol–water partition coefficient (Wildman–Crippen LogP) is 4.10. The summed E-state index contributed by atoms with van der Waals surface area (Å²) in [6, 6.07) is 8.92. The summed E-state index contributed by atoms with van der Waals surface area (Å²) >= 11 is 5.89. The molecular formula is C16H17ClN2O. The minimum atomic E-state index is -0.186. The van der Waals surface area contributed by atoms with E-state index in [1.807, 2.05) is 32.9 Å². The van der Waals surface area contributed by atoms with Crippen LogP contribution in [0.4, 0.5) is 11.4 Å². The number of rotatable bonds is 2. The molecule has 0 radical (unpaired) electrons. The number of hydrogen-bond acceptors (Lipinski definition) is 2. The van der Waals surface area contributed by atoms with Gasteiger partial charge < -0.3 is 11.1 Å². The van der Waals surface area contributed by atoms with Gasteiger partial charge in [0.2, 0.25) is 0 Å². The van der Waals surface area contributed by atoms with Crippen LogP contribution >= 0.6 is 11.6 Å². The number of hydrogen-bond donors (Lipinski definition) is 2. The minimum Gasteiger partial charge on any atom is -0.397 e. The van der Waals surface area contributed by atoms with Crippen LogP contribution in [-0.2, 0) is 0 Å². The van der Waals surface area contributed by atoms with E-state index in [2.05, 4.69) is 5.32 Å². The first-order valence-corrected chi connectivity index (χ1v) is 6.70. The molecule has 0 bridgehead atoms. The van der Waals surface area contributed by atoms with Gasteiger partial charge in [0.15, 0.2) is 0 Å². The van der Waals surface area contributed by atoms with Crippen molar-refractivity contribution in [2.24, 2.45) is 0 Å². The van der Waals surface area contributed by atoms with Gasteiger partial charge >= 0.3 is 0 Å². The van der Waals surface area contributed by atoms with Gasteiger partial charge in [-0.3, -0.25) is 4.79 Å². The Morgan fingerprint density at radius 2 is 1.70 bits per heavy atom. The van der Waals surface area contributed by atoms with Gasteiger partial charge in [0.05, 0.1) is 11.4 Å². The fourth-order valence-corrected chi connectivity index (χ4v) is 2.24. The molecule has 0 saturated carbocycles. The molecule has 0 unspecified atom stereocenters. The minimum absolute atomic E-state index is 0.186. The van der Waals surface area contributed by atoms with E-state index < -0.39 is 0 Å². The summed E-state index contributed by atoms with van der Waals surface area (Å²) in [5, 5.41) is 3.46. The molecule has 0 aliphatic heterocycles.